The van der Waals surface area contributed by atoms with Crippen LogP contribution in [0.3, 0.4) is 0 Å². The van der Waals surface area contributed by atoms with Crippen LogP contribution < -0.4 is 5.32 Å². The highest BCUT2D eigenvalue weighted by Gasteiger charge is 2.20. The maximum absolute atomic E-state index is 5.72. The molecule has 2 atom stereocenters. The fourth-order valence-electron chi connectivity index (χ4n) is 3.48. The van der Waals surface area contributed by atoms with Gasteiger partial charge in [0.05, 0.1) is 6.10 Å². The molecular formula is C20H28N2OS. The van der Waals surface area contributed by atoms with Gasteiger partial charge < -0.3 is 15.0 Å². The van der Waals surface area contributed by atoms with Crippen molar-refractivity contribution in [2.45, 2.75) is 44.8 Å². The quantitative estimate of drug-likeness (QED) is 0.625. The Labute approximate surface area is 151 Å². The van der Waals surface area contributed by atoms with Crippen LogP contribution in [0.2, 0.25) is 0 Å². The zero-order valence-electron chi connectivity index (χ0n) is 14.3. The van der Waals surface area contributed by atoms with E-state index >= 15 is 0 Å². The van der Waals surface area contributed by atoms with Crippen LogP contribution in [0.25, 0.3) is 0 Å². The molecule has 0 saturated carbocycles. The van der Waals surface area contributed by atoms with Crippen LogP contribution in [-0.4, -0.2) is 35.8 Å². The average molecular weight is 345 g/mol. The molecule has 2 aliphatic rings. The summed E-state index contributed by atoms with van der Waals surface area (Å²) in [4.78, 5) is 2.34. The van der Waals surface area contributed by atoms with Gasteiger partial charge in [0, 0.05) is 26.2 Å². The molecule has 1 saturated heterocycles. The van der Waals surface area contributed by atoms with Gasteiger partial charge >= 0.3 is 0 Å². The Morgan fingerprint density at radius 1 is 1.21 bits per heavy atom. The molecule has 3 nitrogen and oxygen atoms in total. The zero-order chi connectivity index (χ0) is 16.6. The summed E-state index contributed by atoms with van der Waals surface area (Å²) in [5.74, 6) is 0.696. The third-order valence-electron chi connectivity index (χ3n) is 4.86. The molecule has 24 heavy (non-hydrogen) atoms. The van der Waals surface area contributed by atoms with Gasteiger partial charge in [-0.25, -0.2) is 0 Å². The van der Waals surface area contributed by atoms with Crippen molar-refractivity contribution in [2.24, 2.45) is 5.92 Å². The van der Waals surface area contributed by atoms with Crippen molar-refractivity contribution in [1.29, 1.82) is 0 Å². The molecular weight excluding hydrogens is 316 g/mol. The number of hydrogen-bond donors (Lipinski definition) is 1. The van der Waals surface area contributed by atoms with Crippen molar-refractivity contribution in [3.05, 3.63) is 48.0 Å². The van der Waals surface area contributed by atoms with Gasteiger partial charge in [-0.2, -0.15) is 0 Å². The predicted molar refractivity (Wildman–Crippen MR) is 103 cm³/mol. The van der Waals surface area contributed by atoms with Gasteiger partial charge in [-0.15, -0.1) is 0 Å². The van der Waals surface area contributed by atoms with Crippen LogP contribution >= 0.6 is 12.2 Å². The monoisotopic (exact) mass is 344 g/mol. The lowest BCUT2D eigenvalue weighted by Gasteiger charge is -2.31. The predicted octanol–water partition coefficient (Wildman–Crippen LogP) is 3.90. The molecule has 1 aliphatic carbocycles. The maximum atomic E-state index is 5.72. The Balaban J connectivity index is 1.58. The van der Waals surface area contributed by atoms with Crippen molar-refractivity contribution in [2.75, 3.05) is 19.7 Å². The van der Waals surface area contributed by atoms with E-state index in [9.17, 15) is 0 Å². The highest BCUT2D eigenvalue weighted by Crippen LogP contribution is 2.20. The third-order valence-corrected chi connectivity index (χ3v) is 5.27. The SMILES string of the molecule is S=C(NC[C@H]1CCCO1)N(Cc1ccccc1)C[C@H]1CC=CCC1. The first-order chi connectivity index (χ1) is 11.8. The molecule has 0 unspecified atom stereocenters. The summed E-state index contributed by atoms with van der Waals surface area (Å²) in [5.41, 5.74) is 1.31. The summed E-state index contributed by atoms with van der Waals surface area (Å²) >= 11 is 5.72. The van der Waals surface area contributed by atoms with Gasteiger partial charge in [0.25, 0.3) is 0 Å². The normalized spacial score (nSPS) is 23.2. The number of ether oxygens (including phenoxy) is 1. The van der Waals surface area contributed by atoms with Crippen LogP contribution in [0.1, 0.15) is 37.7 Å². The topological polar surface area (TPSA) is 24.5 Å². The molecule has 0 radical (unpaired) electrons. The molecule has 1 fully saturated rings. The van der Waals surface area contributed by atoms with Gasteiger partial charge in [-0.3, -0.25) is 0 Å². The average Bonchev–Trinajstić information content (AvgIpc) is 3.14. The summed E-state index contributed by atoms with van der Waals surface area (Å²) in [6.07, 6.45) is 10.9. The lowest BCUT2D eigenvalue weighted by molar-refractivity contribution is 0.113. The first kappa shape index (κ1) is 17.4. The van der Waals surface area contributed by atoms with Gasteiger partial charge in [0.15, 0.2) is 5.11 Å². The molecule has 0 spiro atoms. The minimum absolute atomic E-state index is 0.319. The third kappa shape index (κ3) is 5.32. The highest BCUT2D eigenvalue weighted by atomic mass is 32.1. The Kier molecular flexibility index (Phi) is 6.67. The summed E-state index contributed by atoms with van der Waals surface area (Å²) in [5, 5.41) is 4.31. The van der Waals surface area contributed by atoms with Crippen molar-refractivity contribution in [3.8, 4) is 0 Å². The van der Waals surface area contributed by atoms with E-state index in [1.807, 2.05) is 0 Å². The fraction of sp³-hybridized carbons (Fsp3) is 0.550. The molecule has 1 aromatic rings. The second kappa shape index (κ2) is 9.19. The summed E-state index contributed by atoms with van der Waals surface area (Å²) < 4.78 is 5.70. The van der Waals surface area contributed by atoms with Crippen LogP contribution in [0, 0.1) is 5.92 Å². The number of allylic oxidation sites excluding steroid dienone is 2. The second-order valence-electron chi connectivity index (χ2n) is 6.84. The summed E-state index contributed by atoms with van der Waals surface area (Å²) in [6.45, 7) is 3.62. The molecule has 4 heteroatoms. The van der Waals surface area contributed by atoms with Crippen molar-refractivity contribution in [1.82, 2.24) is 10.2 Å². The maximum Gasteiger partial charge on any atom is 0.169 e. The summed E-state index contributed by atoms with van der Waals surface area (Å²) in [7, 11) is 0. The lowest BCUT2D eigenvalue weighted by atomic mass is 9.94. The number of thiocarbonyl (C=S) groups is 1. The lowest BCUT2D eigenvalue weighted by Crippen LogP contribution is -2.44. The largest absolute Gasteiger partial charge is 0.376 e. The molecule has 3 rings (SSSR count). The van der Waals surface area contributed by atoms with E-state index in [4.69, 9.17) is 17.0 Å². The summed E-state index contributed by atoms with van der Waals surface area (Å²) in [6, 6.07) is 10.6. The highest BCUT2D eigenvalue weighted by molar-refractivity contribution is 7.80. The first-order valence-electron chi connectivity index (χ1n) is 9.14. The second-order valence-corrected chi connectivity index (χ2v) is 7.22. The molecule has 130 valence electrons. The molecule has 0 bridgehead atoms. The number of hydrogen-bond acceptors (Lipinski definition) is 2. The fourth-order valence-corrected chi connectivity index (χ4v) is 3.70. The molecule has 1 heterocycles. The van der Waals surface area contributed by atoms with Crippen LogP contribution in [0.5, 0.6) is 0 Å². The number of nitrogens with one attached hydrogen (secondary N) is 1. The van der Waals surface area contributed by atoms with Crippen molar-refractivity contribution in [3.63, 3.8) is 0 Å². The number of benzene rings is 1. The molecule has 1 aromatic carbocycles. The van der Waals surface area contributed by atoms with Crippen LogP contribution in [0.4, 0.5) is 0 Å². The Morgan fingerprint density at radius 3 is 2.79 bits per heavy atom. The Morgan fingerprint density at radius 2 is 2.08 bits per heavy atom. The molecule has 1 aliphatic heterocycles. The molecule has 0 aromatic heterocycles. The van der Waals surface area contributed by atoms with E-state index in [2.05, 4.69) is 52.7 Å². The van der Waals surface area contributed by atoms with E-state index in [0.29, 0.717) is 12.0 Å². The van der Waals surface area contributed by atoms with Crippen LogP contribution in [-0.2, 0) is 11.3 Å². The zero-order valence-corrected chi connectivity index (χ0v) is 15.1. The van der Waals surface area contributed by atoms with Gasteiger partial charge in [0.2, 0.25) is 0 Å². The molecule has 0 amide bonds. The van der Waals surface area contributed by atoms with E-state index in [-0.39, 0.29) is 0 Å². The minimum atomic E-state index is 0.319. The van der Waals surface area contributed by atoms with Crippen LogP contribution in [0.15, 0.2) is 42.5 Å². The van der Waals surface area contributed by atoms with Crippen molar-refractivity contribution >= 4 is 17.3 Å². The van der Waals surface area contributed by atoms with E-state index in [1.54, 1.807) is 0 Å². The minimum Gasteiger partial charge on any atom is -0.376 e. The van der Waals surface area contributed by atoms with E-state index < -0.39 is 0 Å². The van der Waals surface area contributed by atoms with Gasteiger partial charge in [-0.05, 0) is 55.8 Å². The standard InChI is InChI=1S/C20H28N2OS/c24-20(21-14-19-12-7-13-23-19)22(15-17-8-3-1-4-9-17)16-18-10-5-2-6-11-18/h1-5,8-9,18-19H,6-7,10-16H2,(H,21,24)/t18-,19+/m0/s1. The number of rotatable bonds is 6. The Hall–Kier alpha value is -1.39. The first-order valence-corrected chi connectivity index (χ1v) is 9.55. The smallest absolute Gasteiger partial charge is 0.169 e. The van der Waals surface area contributed by atoms with E-state index in [0.717, 1.165) is 37.8 Å². The molecule has 1 N–H and O–H groups in total. The van der Waals surface area contributed by atoms with E-state index in [1.165, 1.54) is 31.2 Å². The van der Waals surface area contributed by atoms with Gasteiger partial charge in [-0.1, -0.05) is 42.5 Å². The Bertz CT molecular complexity index is 540. The van der Waals surface area contributed by atoms with Crippen molar-refractivity contribution < 1.29 is 4.74 Å². The number of nitrogens with zero attached hydrogens (tertiary/aromatic N) is 1. The van der Waals surface area contributed by atoms with Gasteiger partial charge in [0.1, 0.15) is 0 Å².